The molecule has 0 aliphatic carbocycles. The number of nitrogens with zero attached hydrogens (tertiary/aromatic N) is 2. The normalized spacial score (nSPS) is 13.6. The number of ether oxygens (including phenoxy) is 3. The van der Waals surface area contributed by atoms with Crippen molar-refractivity contribution in [2.45, 2.75) is 6.54 Å². The first kappa shape index (κ1) is 25.1. The molecule has 1 heterocycles. The number of carboxylic acids is 2. The van der Waals surface area contributed by atoms with E-state index in [0.29, 0.717) is 11.5 Å². The Hall–Kier alpha value is -3.17. The van der Waals surface area contributed by atoms with Crippen LogP contribution < -0.4 is 19.1 Å². The maximum atomic E-state index is 9.10. The highest BCUT2D eigenvalue weighted by Crippen LogP contribution is 2.40. The molecule has 1 fully saturated rings. The van der Waals surface area contributed by atoms with Crippen LogP contribution in [0.5, 0.6) is 17.2 Å². The first-order chi connectivity index (χ1) is 15.3. The Morgan fingerprint density at radius 3 is 1.88 bits per heavy atom. The number of benzene rings is 2. The Bertz CT molecular complexity index is 901. The van der Waals surface area contributed by atoms with Crippen LogP contribution in [-0.2, 0) is 16.1 Å². The summed E-state index contributed by atoms with van der Waals surface area (Å²) in [5.74, 6) is -1.58. The van der Waals surface area contributed by atoms with Crippen molar-refractivity contribution < 1.29 is 34.0 Å². The van der Waals surface area contributed by atoms with Gasteiger partial charge >= 0.3 is 11.9 Å². The van der Waals surface area contributed by atoms with Crippen molar-refractivity contribution in [2.75, 3.05) is 52.4 Å². The number of rotatable bonds is 6. The predicted octanol–water partition coefficient (Wildman–Crippen LogP) is 2.84. The highest BCUT2D eigenvalue weighted by molar-refractivity contribution is 6.30. The van der Waals surface area contributed by atoms with Gasteiger partial charge in [-0.1, -0.05) is 17.7 Å². The van der Waals surface area contributed by atoms with Crippen molar-refractivity contribution in [2.24, 2.45) is 0 Å². The minimum absolute atomic E-state index is 0.646. The summed E-state index contributed by atoms with van der Waals surface area (Å²) in [6, 6.07) is 12.0. The Kier molecular flexibility index (Phi) is 9.42. The molecule has 1 saturated heterocycles. The van der Waals surface area contributed by atoms with E-state index in [-0.39, 0.29) is 0 Å². The lowest BCUT2D eigenvalue weighted by Gasteiger charge is -2.36. The van der Waals surface area contributed by atoms with Crippen LogP contribution in [-0.4, -0.2) is 74.6 Å². The lowest BCUT2D eigenvalue weighted by atomic mass is 10.1. The highest BCUT2D eigenvalue weighted by atomic mass is 35.5. The summed E-state index contributed by atoms with van der Waals surface area (Å²) in [5, 5.41) is 15.6. The molecule has 0 atom stereocenters. The number of aliphatic carboxylic acids is 2. The van der Waals surface area contributed by atoms with E-state index >= 15 is 0 Å². The Balaban J connectivity index is 0.000000534. The van der Waals surface area contributed by atoms with Crippen molar-refractivity contribution in [1.29, 1.82) is 0 Å². The smallest absolute Gasteiger partial charge is 0.414 e. The van der Waals surface area contributed by atoms with Gasteiger partial charge in [0, 0.05) is 49.0 Å². The maximum absolute atomic E-state index is 9.10. The fourth-order valence-electron chi connectivity index (χ4n) is 3.34. The van der Waals surface area contributed by atoms with E-state index in [0.717, 1.165) is 49.1 Å². The monoisotopic (exact) mass is 466 g/mol. The molecule has 0 amide bonds. The zero-order chi connectivity index (χ0) is 23.7. The molecule has 10 heteroatoms. The predicted molar refractivity (Wildman–Crippen MR) is 120 cm³/mol. The lowest BCUT2D eigenvalue weighted by molar-refractivity contribution is -0.159. The third-order valence-electron chi connectivity index (χ3n) is 4.93. The summed E-state index contributed by atoms with van der Waals surface area (Å²) in [6.07, 6.45) is 0. The molecular weight excluding hydrogens is 440 g/mol. The van der Waals surface area contributed by atoms with Gasteiger partial charge < -0.3 is 29.3 Å². The maximum Gasteiger partial charge on any atom is 0.414 e. The average Bonchev–Trinajstić information content (AvgIpc) is 2.80. The van der Waals surface area contributed by atoms with Gasteiger partial charge in [-0.25, -0.2) is 9.59 Å². The minimum Gasteiger partial charge on any atom is -0.493 e. The first-order valence-corrected chi connectivity index (χ1v) is 10.1. The summed E-state index contributed by atoms with van der Waals surface area (Å²) in [6.45, 7) is 4.76. The molecule has 9 nitrogen and oxygen atoms in total. The second-order valence-corrected chi connectivity index (χ2v) is 7.28. The quantitative estimate of drug-likeness (QED) is 0.621. The molecule has 2 N–H and O–H groups in total. The summed E-state index contributed by atoms with van der Waals surface area (Å²) >= 11 is 5.98. The largest absolute Gasteiger partial charge is 0.493 e. The molecule has 2 aromatic rings. The number of anilines is 1. The number of hydrogen-bond acceptors (Lipinski definition) is 7. The van der Waals surface area contributed by atoms with Gasteiger partial charge in [-0.05, 0) is 30.3 Å². The Morgan fingerprint density at radius 1 is 0.844 bits per heavy atom. The second kappa shape index (κ2) is 12.0. The summed E-state index contributed by atoms with van der Waals surface area (Å²) < 4.78 is 16.4. The third kappa shape index (κ3) is 6.66. The summed E-state index contributed by atoms with van der Waals surface area (Å²) in [7, 11) is 4.93. The molecule has 0 aromatic heterocycles. The van der Waals surface area contributed by atoms with Gasteiger partial charge in [0.15, 0.2) is 11.5 Å². The second-order valence-electron chi connectivity index (χ2n) is 6.84. The van der Waals surface area contributed by atoms with E-state index in [4.69, 9.17) is 45.6 Å². The Morgan fingerprint density at radius 2 is 1.41 bits per heavy atom. The van der Waals surface area contributed by atoms with E-state index in [1.165, 1.54) is 5.69 Å². The van der Waals surface area contributed by atoms with Gasteiger partial charge in [-0.2, -0.15) is 0 Å². The van der Waals surface area contributed by atoms with Crippen LogP contribution in [0.4, 0.5) is 5.69 Å². The number of carbonyl (C=O) groups is 2. The van der Waals surface area contributed by atoms with Crippen molar-refractivity contribution in [3.8, 4) is 17.2 Å². The average molecular weight is 467 g/mol. The molecule has 0 spiro atoms. The molecule has 0 radical (unpaired) electrons. The third-order valence-corrected chi connectivity index (χ3v) is 5.18. The zero-order valence-corrected chi connectivity index (χ0v) is 19.0. The van der Waals surface area contributed by atoms with Gasteiger partial charge in [-0.3, -0.25) is 4.90 Å². The van der Waals surface area contributed by atoms with Crippen LogP contribution in [0.2, 0.25) is 5.02 Å². The molecule has 174 valence electrons. The van der Waals surface area contributed by atoms with Crippen LogP contribution in [0.25, 0.3) is 0 Å². The number of halogens is 1. The van der Waals surface area contributed by atoms with Crippen molar-refractivity contribution in [3.05, 3.63) is 47.0 Å². The zero-order valence-electron chi connectivity index (χ0n) is 18.2. The molecule has 1 aliphatic rings. The number of piperazine rings is 1. The van der Waals surface area contributed by atoms with E-state index < -0.39 is 11.9 Å². The molecule has 2 aromatic carbocycles. The van der Waals surface area contributed by atoms with Crippen LogP contribution >= 0.6 is 11.6 Å². The van der Waals surface area contributed by atoms with Crippen molar-refractivity contribution >= 4 is 29.2 Å². The van der Waals surface area contributed by atoms with Gasteiger partial charge in [0.05, 0.1) is 21.3 Å². The van der Waals surface area contributed by atoms with Gasteiger partial charge in [0.1, 0.15) is 0 Å². The van der Waals surface area contributed by atoms with Crippen molar-refractivity contribution in [1.82, 2.24) is 4.90 Å². The Labute approximate surface area is 191 Å². The van der Waals surface area contributed by atoms with Gasteiger partial charge in [-0.15, -0.1) is 0 Å². The highest BCUT2D eigenvalue weighted by Gasteiger charge is 2.21. The number of methoxy groups -OCH3 is 3. The van der Waals surface area contributed by atoms with Crippen LogP contribution in [0.1, 0.15) is 5.56 Å². The molecule has 3 rings (SSSR count). The van der Waals surface area contributed by atoms with Crippen LogP contribution in [0.3, 0.4) is 0 Å². The van der Waals surface area contributed by atoms with E-state index in [2.05, 4.69) is 21.9 Å². The van der Waals surface area contributed by atoms with E-state index in [1.807, 2.05) is 24.3 Å². The fraction of sp³-hybridized carbons (Fsp3) is 0.364. The van der Waals surface area contributed by atoms with E-state index in [1.54, 1.807) is 21.3 Å². The van der Waals surface area contributed by atoms with Crippen LogP contribution in [0, 0.1) is 0 Å². The SMILES string of the molecule is COc1ccc(CN2CCN(c3ccc(Cl)cc3)CC2)c(OC)c1OC.O=C(O)C(=O)O. The number of carboxylic acid groups (broad SMARTS) is 2. The molecule has 0 bridgehead atoms. The standard InChI is InChI=1S/C20H25ClN2O3.C2H2O4/c1-24-18-9-4-15(19(25-2)20(18)26-3)14-22-10-12-23(13-11-22)17-7-5-16(21)6-8-17;3-1(4)2(5)6/h4-9H,10-14H2,1-3H3;(H,3,4)(H,5,6). The lowest BCUT2D eigenvalue weighted by Crippen LogP contribution is -2.46. The first-order valence-electron chi connectivity index (χ1n) is 9.77. The van der Waals surface area contributed by atoms with Crippen molar-refractivity contribution in [3.63, 3.8) is 0 Å². The van der Waals surface area contributed by atoms with E-state index in [9.17, 15) is 0 Å². The minimum atomic E-state index is -1.82. The molecule has 0 saturated carbocycles. The van der Waals surface area contributed by atoms with Gasteiger partial charge in [0.25, 0.3) is 0 Å². The van der Waals surface area contributed by atoms with Crippen LogP contribution in [0.15, 0.2) is 36.4 Å². The number of hydrogen-bond donors (Lipinski definition) is 2. The molecular formula is C22H27ClN2O7. The molecule has 0 unspecified atom stereocenters. The summed E-state index contributed by atoms with van der Waals surface area (Å²) in [5.41, 5.74) is 2.32. The topological polar surface area (TPSA) is 109 Å². The fourth-order valence-corrected chi connectivity index (χ4v) is 3.47. The van der Waals surface area contributed by atoms with Gasteiger partial charge in [0.2, 0.25) is 5.75 Å². The molecule has 1 aliphatic heterocycles. The molecule has 32 heavy (non-hydrogen) atoms. The summed E-state index contributed by atoms with van der Waals surface area (Å²) in [4.78, 5) is 23.0.